The van der Waals surface area contributed by atoms with Crippen LogP contribution in [-0.2, 0) is 9.53 Å². The average Bonchev–Trinajstić information content (AvgIpc) is 3.10. The highest BCUT2D eigenvalue weighted by molar-refractivity contribution is 7.99. The fourth-order valence-electron chi connectivity index (χ4n) is 2.40. The molecule has 2 aromatic rings. The summed E-state index contributed by atoms with van der Waals surface area (Å²) in [5.74, 6) is 1.09. The molecule has 0 aliphatic rings. The highest BCUT2D eigenvalue weighted by Gasteiger charge is 2.10. The number of hydrogen-bond donors (Lipinski definition) is 0. The van der Waals surface area contributed by atoms with Gasteiger partial charge in [0.05, 0.1) is 6.61 Å². The van der Waals surface area contributed by atoms with E-state index in [1.54, 1.807) is 6.92 Å². The number of benzene rings is 1. The average molecular weight is 363 g/mol. The van der Waals surface area contributed by atoms with E-state index in [4.69, 9.17) is 9.15 Å². The summed E-state index contributed by atoms with van der Waals surface area (Å²) in [6.45, 7) is 8.46. The van der Waals surface area contributed by atoms with Crippen molar-refractivity contribution in [3.63, 3.8) is 0 Å². The molecule has 0 saturated heterocycles. The van der Waals surface area contributed by atoms with Gasteiger partial charge >= 0.3 is 5.97 Å². The SMILES string of the molecule is CCOC(=O)CCCSc1nnc(-c2ccc(N(CC)CC)cc2)o1. The largest absolute Gasteiger partial charge is 0.466 e. The lowest BCUT2D eigenvalue weighted by atomic mass is 10.2. The number of carbonyl (C=O) groups excluding carboxylic acids is 1. The van der Waals surface area contributed by atoms with E-state index in [1.165, 1.54) is 17.4 Å². The summed E-state index contributed by atoms with van der Waals surface area (Å²) in [4.78, 5) is 13.6. The van der Waals surface area contributed by atoms with E-state index in [1.807, 2.05) is 12.1 Å². The van der Waals surface area contributed by atoms with Gasteiger partial charge in [-0.05, 0) is 51.5 Å². The number of esters is 1. The summed E-state index contributed by atoms with van der Waals surface area (Å²) in [7, 11) is 0. The lowest BCUT2D eigenvalue weighted by molar-refractivity contribution is -0.143. The second-order valence-electron chi connectivity index (χ2n) is 5.35. The van der Waals surface area contributed by atoms with Crippen molar-refractivity contribution in [2.24, 2.45) is 0 Å². The van der Waals surface area contributed by atoms with Gasteiger partial charge in [-0.1, -0.05) is 11.8 Å². The molecule has 2 rings (SSSR count). The second-order valence-corrected chi connectivity index (χ2v) is 6.40. The van der Waals surface area contributed by atoms with Crippen LogP contribution in [0.2, 0.25) is 0 Å². The summed E-state index contributed by atoms with van der Waals surface area (Å²) in [6.07, 6.45) is 1.13. The Labute approximate surface area is 152 Å². The first kappa shape index (κ1) is 19.3. The fourth-order valence-corrected chi connectivity index (χ4v) is 3.10. The minimum absolute atomic E-state index is 0.164. The van der Waals surface area contributed by atoms with Crippen LogP contribution in [0.25, 0.3) is 11.5 Å². The van der Waals surface area contributed by atoms with Gasteiger partial charge in [-0.25, -0.2) is 0 Å². The number of hydrogen-bond acceptors (Lipinski definition) is 7. The van der Waals surface area contributed by atoms with Crippen LogP contribution in [0.15, 0.2) is 33.9 Å². The minimum atomic E-state index is -0.164. The van der Waals surface area contributed by atoms with E-state index >= 15 is 0 Å². The van der Waals surface area contributed by atoms with Crippen molar-refractivity contribution < 1.29 is 13.9 Å². The second kappa shape index (κ2) is 10.1. The predicted octanol–water partition coefficient (Wildman–Crippen LogP) is 4.02. The molecule has 0 aliphatic heterocycles. The third-order valence-corrected chi connectivity index (χ3v) is 4.61. The fraction of sp³-hybridized carbons (Fsp3) is 0.500. The number of aromatic nitrogens is 2. The Morgan fingerprint density at radius 3 is 2.52 bits per heavy atom. The van der Waals surface area contributed by atoms with Gasteiger partial charge in [0, 0.05) is 36.5 Å². The highest BCUT2D eigenvalue weighted by atomic mass is 32.2. The Morgan fingerprint density at radius 2 is 1.88 bits per heavy atom. The summed E-state index contributed by atoms with van der Waals surface area (Å²) in [5, 5.41) is 8.68. The molecule has 0 radical (unpaired) electrons. The molecular formula is C18H25N3O3S. The number of ether oxygens (including phenoxy) is 1. The van der Waals surface area contributed by atoms with Crippen LogP contribution >= 0.6 is 11.8 Å². The van der Waals surface area contributed by atoms with E-state index in [9.17, 15) is 4.79 Å². The summed E-state index contributed by atoms with van der Waals surface area (Å²) in [5.41, 5.74) is 2.09. The highest BCUT2D eigenvalue weighted by Crippen LogP contribution is 2.25. The quantitative estimate of drug-likeness (QED) is 0.359. The first-order chi connectivity index (χ1) is 12.2. The molecule has 7 heteroatoms. The van der Waals surface area contributed by atoms with Crippen molar-refractivity contribution in [3.8, 4) is 11.5 Å². The van der Waals surface area contributed by atoms with Crippen LogP contribution in [-0.4, -0.2) is 41.6 Å². The summed E-state index contributed by atoms with van der Waals surface area (Å²) < 4.78 is 10.6. The van der Waals surface area contributed by atoms with Crippen LogP contribution in [0, 0.1) is 0 Å². The molecule has 1 aromatic heterocycles. The Balaban J connectivity index is 1.87. The zero-order chi connectivity index (χ0) is 18.1. The van der Waals surface area contributed by atoms with Gasteiger partial charge in [0.2, 0.25) is 5.89 Å². The molecule has 0 fully saturated rings. The van der Waals surface area contributed by atoms with E-state index in [0.29, 0.717) is 24.1 Å². The van der Waals surface area contributed by atoms with E-state index in [2.05, 4.69) is 41.1 Å². The van der Waals surface area contributed by atoms with Gasteiger partial charge in [0.25, 0.3) is 5.22 Å². The monoisotopic (exact) mass is 363 g/mol. The molecule has 25 heavy (non-hydrogen) atoms. The summed E-state index contributed by atoms with van der Waals surface area (Å²) in [6, 6.07) is 8.13. The number of rotatable bonds is 10. The maximum atomic E-state index is 11.3. The van der Waals surface area contributed by atoms with Crippen molar-refractivity contribution in [3.05, 3.63) is 24.3 Å². The topological polar surface area (TPSA) is 68.5 Å². The molecule has 0 unspecified atom stereocenters. The van der Waals surface area contributed by atoms with E-state index < -0.39 is 0 Å². The van der Waals surface area contributed by atoms with Gasteiger partial charge < -0.3 is 14.1 Å². The molecule has 0 atom stereocenters. The van der Waals surface area contributed by atoms with Crippen molar-refractivity contribution >= 4 is 23.4 Å². The molecule has 1 heterocycles. The Bertz CT molecular complexity index is 654. The van der Waals surface area contributed by atoms with E-state index in [0.717, 1.165) is 30.8 Å². The maximum Gasteiger partial charge on any atom is 0.305 e. The van der Waals surface area contributed by atoms with Crippen LogP contribution in [0.1, 0.15) is 33.6 Å². The van der Waals surface area contributed by atoms with Gasteiger partial charge in [-0.3, -0.25) is 4.79 Å². The van der Waals surface area contributed by atoms with Gasteiger partial charge in [-0.2, -0.15) is 0 Å². The molecular weight excluding hydrogens is 338 g/mol. The molecule has 0 amide bonds. The summed E-state index contributed by atoms with van der Waals surface area (Å²) >= 11 is 1.46. The van der Waals surface area contributed by atoms with Gasteiger partial charge in [0.1, 0.15) is 0 Å². The van der Waals surface area contributed by atoms with Crippen LogP contribution < -0.4 is 4.90 Å². The smallest absolute Gasteiger partial charge is 0.305 e. The first-order valence-corrected chi connectivity index (χ1v) is 9.63. The molecule has 0 aliphatic carbocycles. The normalized spacial score (nSPS) is 10.7. The van der Waals surface area contributed by atoms with Gasteiger partial charge in [-0.15, -0.1) is 10.2 Å². The van der Waals surface area contributed by atoms with Gasteiger partial charge in [0.15, 0.2) is 0 Å². The molecule has 136 valence electrons. The lowest BCUT2D eigenvalue weighted by Gasteiger charge is -2.20. The predicted molar refractivity (Wildman–Crippen MR) is 99.9 cm³/mol. The third-order valence-electron chi connectivity index (χ3n) is 3.71. The zero-order valence-electron chi connectivity index (χ0n) is 15.0. The lowest BCUT2D eigenvalue weighted by Crippen LogP contribution is -2.21. The van der Waals surface area contributed by atoms with E-state index in [-0.39, 0.29) is 5.97 Å². The Morgan fingerprint density at radius 1 is 1.16 bits per heavy atom. The molecule has 0 saturated carbocycles. The number of nitrogens with zero attached hydrogens (tertiary/aromatic N) is 3. The van der Waals surface area contributed by atoms with Crippen molar-refractivity contribution in [1.82, 2.24) is 10.2 Å². The van der Waals surface area contributed by atoms with Crippen molar-refractivity contribution in [2.45, 2.75) is 38.8 Å². The van der Waals surface area contributed by atoms with Crippen molar-refractivity contribution in [1.29, 1.82) is 0 Å². The first-order valence-electron chi connectivity index (χ1n) is 8.65. The molecule has 1 aromatic carbocycles. The maximum absolute atomic E-state index is 11.3. The van der Waals surface area contributed by atoms with Crippen LogP contribution in [0.3, 0.4) is 0 Å². The standard InChI is InChI=1S/C18H25N3O3S/c1-4-21(5-2)15-11-9-14(10-12-15)17-19-20-18(24-17)25-13-7-8-16(22)23-6-3/h9-12H,4-8,13H2,1-3H3. The molecule has 6 nitrogen and oxygen atoms in total. The minimum Gasteiger partial charge on any atom is -0.466 e. The number of carbonyl (C=O) groups is 1. The zero-order valence-corrected chi connectivity index (χ0v) is 15.8. The molecule has 0 N–H and O–H groups in total. The number of anilines is 1. The van der Waals surface area contributed by atoms with Crippen LogP contribution in [0.5, 0.6) is 0 Å². The molecule has 0 spiro atoms. The number of thioether (sulfide) groups is 1. The van der Waals surface area contributed by atoms with Crippen molar-refractivity contribution in [2.75, 3.05) is 30.3 Å². The molecule has 0 bridgehead atoms. The van der Waals surface area contributed by atoms with Crippen LogP contribution in [0.4, 0.5) is 5.69 Å². The Hall–Kier alpha value is -2.02. The third kappa shape index (κ3) is 5.77. The Kier molecular flexibility index (Phi) is 7.78.